The van der Waals surface area contributed by atoms with Crippen LogP contribution in [0.4, 0.5) is 16.3 Å². The molecule has 8 nitrogen and oxygen atoms in total. The van der Waals surface area contributed by atoms with Crippen molar-refractivity contribution in [3.63, 3.8) is 0 Å². The summed E-state index contributed by atoms with van der Waals surface area (Å²) < 4.78 is 16.0. The fourth-order valence-electron chi connectivity index (χ4n) is 4.74. The van der Waals surface area contributed by atoms with Crippen LogP contribution in [0.3, 0.4) is 0 Å². The first kappa shape index (κ1) is 21.4. The smallest absolute Gasteiger partial charge is 0.225 e. The molecular weight excluding hydrogens is 443 g/mol. The van der Waals surface area contributed by atoms with Gasteiger partial charge in [-0.15, -0.1) is 0 Å². The van der Waals surface area contributed by atoms with Crippen LogP contribution in [0.1, 0.15) is 16.8 Å². The Morgan fingerprint density at radius 2 is 1.63 bits per heavy atom. The molecule has 0 atom stereocenters. The molecule has 0 spiro atoms. The number of hydrogen-bond acceptors (Lipinski definition) is 7. The number of imidazole rings is 1. The van der Waals surface area contributed by atoms with E-state index >= 15 is 0 Å². The predicted octanol–water partition coefficient (Wildman–Crippen LogP) is 3.31. The highest BCUT2D eigenvalue weighted by Crippen LogP contribution is 2.24. The third kappa shape index (κ3) is 4.15. The Labute approximate surface area is 201 Å². The van der Waals surface area contributed by atoms with Gasteiger partial charge in [0.2, 0.25) is 11.9 Å². The lowest BCUT2D eigenvalue weighted by Crippen LogP contribution is -2.46. The molecule has 2 N–H and O–H groups in total. The molecule has 0 unspecified atom stereocenters. The Hall–Kier alpha value is -4.11. The number of piperazine rings is 1. The van der Waals surface area contributed by atoms with E-state index in [1.54, 1.807) is 22.9 Å². The zero-order valence-corrected chi connectivity index (χ0v) is 19.2. The van der Waals surface area contributed by atoms with Crippen LogP contribution in [0.2, 0.25) is 0 Å². The van der Waals surface area contributed by atoms with Crippen molar-refractivity contribution in [3.8, 4) is 0 Å². The Balaban J connectivity index is 1.22. The van der Waals surface area contributed by atoms with Crippen molar-refractivity contribution in [3.05, 3.63) is 89.8 Å². The van der Waals surface area contributed by atoms with Gasteiger partial charge in [0.15, 0.2) is 0 Å². The maximum atomic E-state index is 14.3. The highest BCUT2D eigenvalue weighted by molar-refractivity contribution is 5.92. The molecule has 1 aliphatic heterocycles. The van der Waals surface area contributed by atoms with Crippen molar-refractivity contribution in [2.45, 2.75) is 13.0 Å². The molecule has 176 valence electrons. The second-order valence-corrected chi connectivity index (χ2v) is 8.79. The van der Waals surface area contributed by atoms with Gasteiger partial charge >= 0.3 is 0 Å². The summed E-state index contributed by atoms with van der Waals surface area (Å²) in [5.41, 5.74) is 10.4. The van der Waals surface area contributed by atoms with Gasteiger partial charge in [0, 0.05) is 63.1 Å². The van der Waals surface area contributed by atoms with Gasteiger partial charge in [-0.3, -0.25) is 9.30 Å². The molecule has 0 saturated carbocycles. The number of aromatic nitrogens is 5. The standard InChI is InChI=1S/C26H25FN8/c27-22-8-3-7-21-23(22)32-25(28)35-17-20(31-24(21)35)15-18-5-1-2-6-19(18)16-33-11-13-34(14-12-33)26-29-9-4-10-30-26/h1-10,17H,11-16H2,(H2,28,32). The van der Waals surface area contributed by atoms with Crippen molar-refractivity contribution in [1.82, 2.24) is 29.2 Å². The Bertz CT molecular complexity index is 1490. The lowest BCUT2D eigenvalue weighted by molar-refractivity contribution is 0.248. The average Bonchev–Trinajstić information content (AvgIpc) is 3.32. The van der Waals surface area contributed by atoms with E-state index in [4.69, 9.17) is 10.7 Å². The quantitative estimate of drug-likeness (QED) is 0.423. The normalized spacial score (nSPS) is 14.7. The fraction of sp³-hybridized carbons (Fsp3) is 0.231. The van der Waals surface area contributed by atoms with Crippen molar-refractivity contribution >= 4 is 28.4 Å². The summed E-state index contributed by atoms with van der Waals surface area (Å²) in [6.45, 7) is 4.55. The summed E-state index contributed by atoms with van der Waals surface area (Å²) in [5.74, 6) is 0.621. The van der Waals surface area contributed by atoms with Crippen molar-refractivity contribution in [2.24, 2.45) is 0 Å². The first-order valence-corrected chi connectivity index (χ1v) is 11.7. The molecule has 1 fully saturated rings. The van der Waals surface area contributed by atoms with E-state index in [0.29, 0.717) is 17.5 Å². The summed E-state index contributed by atoms with van der Waals surface area (Å²) in [6.07, 6.45) is 6.13. The Morgan fingerprint density at radius 3 is 2.43 bits per heavy atom. The number of nitrogens with two attached hydrogens (primary N) is 1. The number of halogens is 1. The molecule has 9 heteroatoms. The molecule has 5 aromatic rings. The monoisotopic (exact) mass is 468 g/mol. The van der Waals surface area contributed by atoms with Gasteiger partial charge < -0.3 is 10.6 Å². The number of nitrogen functional groups attached to an aromatic ring is 1. The minimum atomic E-state index is -0.398. The number of hydrogen-bond donors (Lipinski definition) is 1. The molecule has 0 bridgehead atoms. The first-order chi connectivity index (χ1) is 17.2. The lowest BCUT2D eigenvalue weighted by Gasteiger charge is -2.35. The third-order valence-corrected chi connectivity index (χ3v) is 6.55. The van der Waals surface area contributed by atoms with Crippen LogP contribution in [-0.4, -0.2) is 55.4 Å². The van der Waals surface area contributed by atoms with Crippen LogP contribution in [-0.2, 0) is 13.0 Å². The second-order valence-electron chi connectivity index (χ2n) is 8.79. The van der Waals surface area contributed by atoms with E-state index in [2.05, 4.69) is 49.0 Å². The van der Waals surface area contributed by atoms with Gasteiger partial charge in [0.05, 0.1) is 5.69 Å². The molecule has 0 radical (unpaired) electrons. The molecule has 1 aliphatic rings. The first-order valence-electron chi connectivity index (χ1n) is 11.7. The summed E-state index contributed by atoms with van der Waals surface area (Å²) in [7, 11) is 0. The maximum absolute atomic E-state index is 14.3. The molecule has 4 heterocycles. The molecule has 2 aromatic carbocycles. The minimum absolute atomic E-state index is 0.227. The van der Waals surface area contributed by atoms with E-state index in [1.807, 2.05) is 18.3 Å². The zero-order chi connectivity index (χ0) is 23.8. The van der Waals surface area contributed by atoms with Crippen LogP contribution >= 0.6 is 0 Å². The Morgan fingerprint density at radius 1 is 0.857 bits per heavy atom. The number of anilines is 2. The average molecular weight is 469 g/mol. The summed E-state index contributed by atoms with van der Waals surface area (Å²) in [5, 5.41) is 0.652. The molecule has 0 aliphatic carbocycles. The van der Waals surface area contributed by atoms with E-state index in [0.717, 1.165) is 44.4 Å². The highest BCUT2D eigenvalue weighted by Gasteiger charge is 2.20. The SMILES string of the molecule is Nc1nc2c(F)cccc2c2nc(Cc3ccccc3CN3CCN(c4ncccn4)CC3)cn12. The zero-order valence-electron chi connectivity index (χ0n) is 19.2. The lowest BCUT2D eigenvalue weighted by atomic mass is 10.0. The largest absolute Gasteiger partial charge is 0.369 e. The fourth-order valence-corrected chi connectivity index (χ4v) is 4.74. The van der Waals surface area contributed by atoms with Crippen LogP contribution in [0.15, 0.2) is 67.1 Å². The van der Waals surface area contributed by atoms with Gasteiger partial charge in [0.1, 0.15) is 17.0 Å². The van der Waals surface area contributed by atoms with Crippen LogP contribution in [0.5, 0.6) is 0 Å². The summed E-state index contributed by atoms with van der Waals surface area (Å²) in [4.78, 5) is 22.5. The van der Waals surface area contributed by atoms with E-state index in [1.165, 1.54) is 17.2 Å². The Kier molecular flexibility index (Phi) is 5.46. The van der Waals surface area contributed by atoms with E-state index in [-0.39, 0.29) is 11.5 Å². The van der Waals surface area contributed by atoms with Crippen molar-refractivity contribution < 1.29 is 4.39 Å². The minimum Gasteiger partial charge on any atom is -0.369 e. The topological polar surface area (TPSA) is 88.5 Å². The number of rotatable bonds is 5. The molecule has 1 saturated heterocycles. The van der Waals surface area contributed by atoms with Gasteiger partial charge in [-0.1, -0.05) is 30.3 Å². The number of para-hydroxylation sites is 1. The molecule has 0 amide bonds. The maximum Gasteiger partial charge on any atom is 0.225 e. The number of nitrogens with zero attached hydrogens (tertiary/aromatic N) is 7. The molecular formula is C26H25FN8. The predicted molar refractivity (Wildman–Crippen MR) is 134 cm³/mol. The van der Waals surface area contributed by atoms with Crippen LogP contribution < -0.4 is 10.6 Å². The van der Waals surface area contributed by atoms with Crippen molar-refractivity contribution in [2.75, 3.05) is 36.8 Å². The summed E-state index contributed by atoms with van der Waals surface area (Å²) in [6, 6.07) is 15.2. The van der Waals surface area contributed by atoms with Gasteiger partial charge in [0.25, 0.3) is 0 Å². The van der Waals surface area contributed by atoms with Crippen molar-refractivity contribution in [1.29, 1.82) is 0 Å². The number of benzene rings is 2. The van der Waals surface area contributed by atoms with Crippen LogP contribution in [0, 0.1) is 5.82 Å². The van der Waals surface area contributed by atoms with Gasteiger partial charge in [-0.05, 0) is 29.3 Å². The number of fused-ring (bicyclic) bond motifs is 3. The third-order valence-electron chi connectivity index (χ3n) is 6.55. The van der Waals surface area contributed by atoms with Crippen LogP contribution in [0.25, 0.3) is 16.6 Å². The van der Waals surface area contributed by atoms with E-state index in [9.17, 15) is 4.39 Å². The molecule has 35 heavy (non-hydrogen) atoms. The highest BCUT2D eigenvalue weighted by atomic mass is 19.1. The van der Waals surface area contributed by atoms with E-state index < -0.39 is 5.82 Å². The molecule has 6 rings (SSSR count). The molecule has 3 aromatic heterocycles. The summed E-state index contributed by atoms with van der Waals surface area (Å²) >= 11 is 0. The second kappa shape index (κ2) is 8.92. The van der Waals surface area contributed by atoms with Gasteiger partial charge in [-0.25, -0.2) is 24.3 Å². The van der Waals surface area contributed by atoms with Gasteiger partial charge in [-0.2, -0.15) is 0 Å².